The molecule has 1 aromatic heterocycles. The quantitative estimate of drug-likeness (QED) is 0.420. The van der Waals surface area contributed by atoms with Crippen molar-refractivity contribution in [3.05, 3.63) is 71.8 Å². The van der Waals surface area contributed by atoms with Crippen LogP contribution in [0.15, 0.2) is 70.2 Å². The maximum absolute atomic E-state index is 12.1. The number of nitrogens with zero attached hydrogens (tertiary/aromatic N) is 2. The molecule has 25 heavy (non-hydrogen) atoms. The first-order valence-corrected chi connectivity index (χ1v) is 10.2. The van der Waals surface area contributed by atoms with Crippen molar-refractivity contribution in [3.8, 4) is 0 Å². The van der Waals surface area contributed by atoms with E-state index in [1.807, 2.05) is 36.4 Å². The highest BCUT2D eigenvalue weighted by atomic mass is 32.2. The first-order chi connectivity index (χ1) is 12.2. The lowest BCUT2D eigenvalue weighted by Crippen LogP contribution is -2.02. The molecule has 0 aliphatic carbocycles. The maximum Gasteiger partial charge on any atom is 0.201 e. The third-order valence-electron chi connectivity index (χ3n) is 3.24. The summed E-state index contributed by atoms with van der Waals surface area (Å²) in [5.41, 5.74) is 1.39. The van der Waals surface area contributed by atoms with Crippen molar-refractivity contribution in [3.63, 3.8) is 0 Å². The number of carbonyl (C=O) groups excluding carboxylic acids is 2. The lowest BCUT2D eigenvalue weighted by atomic mass is 10.2. The number of aromatic nitrogens is 2. The molecule has 3 aromatic rings. The first kappa shape index (κ1) is 17.8. The van der Waals surface area contributed by atoms with Crippen LogP contribution in [0.25, 0.3) is 0 Å². The number of ketones is 2. The molecule has 1 heterocycles. The second-order valence-electron chi connectivity index (χ2n) is 5.00. The van der Waals surface area contributed by atoms with E-state index in [4.69, 9.17) is 0 Å². The fourth-order valence-electron chi connectivity index (χ4n) is 1.99. The Labute approximate surface area is 158 Å². The Hall–Kier alpha value is -1.96. The van der Waals surface area contributed by atoms with Crippen molar-refractivity contribution in [2.45, 2.75) is 9.50 Å². The largest absolute Gasteiger partial charge is 0.293 e. The molecule has 0 atom stereocenters. The predicted octanol–water partition coefficient (Wildman–Crippen LogP) is 4.49. The third kappa shape index (κ3) is 5.26. The smallest absolute Gasteiger partial charge is 0.201 e. The highest BCUT2D eigenvalue weighted by Gasteiger charge is 2.12. The van der Waals surface area contributed by atoms with Gasteiger partial charge in [-0.15, -0.1) is 0 Å². The van der Waals surface area contributed by atoms with E-state index in [-0.39, 0.29) is 11.6 Å². The minimum Gasteiger partial charge on any atom is -0.293 e. The number of Topliss-reactive ketones (excluding diaryl/α,β-unsaturated/α-hetero) is 2. The summed E-state index contributed by atoms with van der Waals surface area (Å²) >= 11 is 3.94. The summed E-state index contributed by atoms with van der Waals surface area (Å²) in [6.07, 6.45) is 0. The van der Waals surface area contributed by atoms with E-state index in [1.54, 1.807) is 24.3 Å². The molecule has 126 valence electrons. The Kier molecular flexibility index (Phi) is 6.38. The summed E-state index contributed by atoms with van der Waals surface area (Å²) < 4.78 is 4.98. The molecule has 0 saturated carbocycles. The lowest BCUT2D eigenvalue weighted by molar-refractivity contribution is 0.101. The van der Waals surface area contributed by atoms with Gasteiger partial charge in [-0.25, -0.2) is 4.98 Å². The fraction of sp³-hybridized carbons (Fsp3) is 0.111. The topological polar surface area (TPSA) is 59.9 Å². The molecule has 0 bridgehead atoms. The summed E-state index contributed by atoms with van der Waals surface area (Å²) in [6.45, 7) is 0. The number of hydrogen-bond donors (Lipinski definition) is 0. The second kappa shape index (κ2) is 8.94. The van der Waals surface area contributed by atoms with Crippen LogP contribution in [0.3, 0.4) is 0 Å². The van der Waals surface area contributed by atoms with Crippen LogP contribution in [0.1, 0.15) is 20.7 Å². The second-order valence-corrected chi connectivity index (χ2v) is 7.92. The maximum atomic E-state index is 12.1. The van der Waals surface area contributed by atoms with Crippen molar-refractivity contribution >= 4 is 46.6 Å². The average Bonchev–Trinajstić information content (AvgIpc) is 3.13. The highest BCUT2D eigenvalue weighted by Crippen LogP contribution is 2.25. The number of hydrogen-bond acceptors (Lipinski definition) is 7. The normalized spacial score (nSPS) is 10.6. The minimum atomic E-state index is 0.0499. The Bertz CT molecular complexity index is 781. The van der Waals surface area contributed by atoms with E-state index < -0.39 is 0 Å². The molecule has 0 saturated heterocycles. The summed E-state index contributed by atoms with van der Waals surface area (Å²) in [6, 6.07) is 18.4. The monoisotopic (exact) mass is 386 g/mol. The van der Waals surface area contributed by atoms with E-state index >= 15 is 0 Å². The Morgan fingerprint density at radius 3 is 1.88 bits per heavy atom. The van der Waals surface area contributed by atoms with E-state index in [1.165, 1.54) is 35.1 Å². The van der Waals surface area contributed by atoms with Crippen LogP contribution < -0.4 is 0 Å². The Morgan fingerprint density at radius 1 is 0.800 bits per heavy atom. The van der Waals surface area contributed by atoms with Gasteiger partial charge in [-0.1, -0.05) is 84.2 Å². The van der Waals surface area contributed by atoms with E-state index in [9.17, 15) is 9.59 Å². The van der Waals surface area contributed by atoms with Crippen LogP contribution in [0, 0.1) is 0 Å². The van der Waals surface area contributed by atoms with Gasteiger partial charge in [-0.05, 0) is 11.5 Å². The van der Waals surface area contributed by atoms with Gasteiger partial charge in [0.1, 0.15) is 0 Å². The van der Waals surface area contributed by atoms with Crippen LogP contribution in [0.4, 0.5) is 0 Å². The highest BCUT2D eigenvalue weighted by molar-refractivity contribution is 8.02. The lowest BCUT2D eigenvalue weighted by Gasteiger charge is -1.98. The fourth-order valence-corrected chi connectivity index (χ4v) is 4.40. The molecular weight excluding hydrogens is 372 g/mol. The molecule has 0 aliphatic rings. The third-order valence-corrected chi connectivity index (χ3v) is 6.04. The zero-order chi connectivity index (χ0) is 17.5. The van der Waals surface area contributed by atoms with Gasteiger partial charge in [-0.2, -0.15) is 4.37 Å². The molecule has 3 rings (SSSR count). The number of thioether (sulfide) groups is 2. The molecule has 0 spiro atoms. The Morgan fingerprint density at radius 2 is 1.32 bits per heavy atom. The van der Waals surface area contributed by atoms with Gasteiger partial charge in [0.2, 0.25) is 5.16 Å². The first-order valence-electron chi connectivity index (χ1n) is 7.48. The van der Waals surface area contributed by atoms with Crippen LogP contribution in [-0.4, -0.2) is 32.4 Å². The molecule has 0 amide bonds. The van der Waals surface area contributed by atoms with Crippen molar-refractivity contribution < 1.29 is 9.59 Å². The number of carbonyl (C=O) groups is 2. The van der Waals surface area contributed by atoms with Gasteiger partial charge in [-0.3, -0.25) is 9.59 Å². The summed E-state index contributed by atoms with van der Waals surface area (Å²) in [4.78, 5) is 28.5. The molecule has 0 N–H and O–H groups in total. The van der Waals surface area contributed by atoms with Crippen molar-refractivity contribution in [2.75, 3.05) is 11.5 Å². The zero-order valence-corrected chi connectivity index (χ0v) is 15.6. The van der Waals surface area contributed by atoms with E-state index in [2.05, 4.69) is 9.36 Å². The van der Waals surface area contributed by atoms with Crippen LogP contribution in [0.2, 0.25) is 0 Å². The molecule has 4 nitrogen and oxygen atoms in total. The molecular formula is C18H14N2O2S3. The zero-order valence-electron chi connectivity index (χ0n) is 13.1. The molecule has 2 aromatic carbocycles. The van der Waals surface area contributed by atoms with Gasteiger partial charge < -0.3 is 0 Å². The molecule has 7 heteroatoms. The number of rotatable bonds is 8. The van der Waals surface area contributed by atoms with Crippen molar-refractivity contribution in [2.24, 2.45) is 0 Å². The summed E-state index contributed by atoms with van der Waals surface area (Å²) in [5, 5.41) is 0.573. The van der Waals surface area contributed by atoms with Gasteiger partial charge in [0, 0.05) is 11.1 Å². The Balaban J connectivity index is 1.49. The molecule has 0 unspecified atom stereocenters. The van der Waals surface area contributed by atoms with Gasteiger partial charge >= 0.3 is 0 Å². The SMILES string of the molecule is O=C(CSc1nsc(SCC(=O)c2ccccc2)n1)c1ccccc1. The van der Waals surface area contributed by atoms with Crippen LogP contribution >= 0.6 is 35.1 Å². The van der Waals surface area contributed by atoms with Gasteiger partial charge in [0.25, 0.3) is 0 Å². The van der Waals surface area contributed by atoms with Gasteiger partial charge in [0.05, 0.1) is 11.5 Å². The van der Waals surface area contributed by atoms with Gasteiger partial charge in [0.15, 0.2) is 15.9 Å². The summed E-state index contributed by atoms with van der Waals surface area (Å²) in [5.74, 6) is 0.739. The van der Waals surface area contributed by atoms with E-state index in [0.717, 1.165) is 4.34 Å². The minimum absolute atomic E-state index is 0.0499. The van der Waals surface area contributed by atoms with Crippen LogP contribution in [0.5, 0.6) is 0 Å². The summed E-state index contributed by atoms with van der Waals surface area (Å²) in [7, 11) is 0. The van der Waals surface area contributed by atoms with E-state index in [0.29, 0.717) is 27.8 Å². The standard InChI is InChI=1S/C18H14N2O2S3/c21-15(13-7-3-1-4-8-13)11-23-17-19-18(25-20-17)24-12-16(22)14-9-5-2-6-10-14/h1-10H,11-12H2. The average molecular weight is 387 g/mol. The molecule has 0 aliphatic heterocycles. The van der Waals surface area contributed by atoms with Crippen LogP contribution in [-0.2, 0) is 0 Å². The molecule has 0 fully saturated rings. The predicted molar refractivity (Wildman–Crippen MR) is 103 cm³/mol. The molecule has 0 radical (unpaired) electrons. The van der Waals surface area contributed by atoms with Crippen molar-refractivity contribution in [1.82, 2.24) is 9.36 Å². The van der Waals surface area contributed by atoms with Crippen molar-refractivity contribution in [1.29, 1.82) is 0 Å². The number of benzene rings is 2.